The van der Waals surface area contributed by atoms with Crippen molar-refractivity contribution < 1.29 is 14.3 Å². The summed E-state index contributed by atoms with van der Waals surface area (Å²) in [6.45, 7) is 6.33. The smallest absolute Gasteiger partial charge is 0.410 e. The Balaban J connectivity index is 1.71. The first kappa shape index (κ1) is 18.6. The molecular formula is C21H27ClN2O3. The predicted molar refractivity (Wildman–Crippen MR) is 105 cm³/mol. The normalized spacial score (nSPS) is 23.6. The number of nitrogens with zero attached hydrogens (tertiary/aromatic N) is 2. The van der Waals surface area contributed by atoms with Crippen LogP contribution < -0.4 is 4.90 Å². The van der Waals surface area contributed by atoms with Crippen LogP contribution in [0.5, 0.6) is 0 Å². The molecule has 2 heterocycles. The Morgan fingerprint density at radius 2 is 1.96 bits per heavy atom. The number of anilines is 1. The van der Waals surface area contributed by atoms with Gasteiger partial charge < -0.3 is 14.5 Å². The van der Waals surface area contributed by atoms with E-state index in [1.165, 1.54) is 0 Å². The van der Waals surface area contributed by atoms with Gasteiger partial charge in [0, 0.05) is 13.6 Å². The van der Waals surface area contributed by atoms with Crippen LogP contribution in [0.4, 0.5) is 10.5 Å². The van der Waals surface area contributed by atoms with Gasteiger partial charge in [-0.25, -0.2) is 4.79 Å². The van der Waals surface area contributed by atoms with Crippen LogP contribution in [0.15, 0.2) is 12.1 Å². The molecule has 146 valence electrons. The fourth-order valence-corrected chi connectivity index (χ4v) is 4.84. The highest BCUT2D eigenvalue weighted by molar-refractivity contribution is 6.35. The van der Waals surface area contributed by atoms with Gasteiger partial charge in [-0.1, -0.05) is 17.7 Å². The van der Waals surface area contributed by atoms with Crippen LogP contribution in [0.1, 0.15) is 70.0 Å². The second-order valence-corrected chi connectivity index (χ2v) is 9.44. The number of rotatable bonds is 1. The number of amides is 2. The van der Waals surface area contributed by atoms with Crippen molar-refractivity contribution in [1.29, 1.82) is 0 Å². The zero-order chi connectivity index (χ0) is 19.6. The van der Waals surface area contributed by atoms with Gasteiger partial charge in [0.15, 0.2) is 0 Å². The zero-order valence-electron chi connectivity index (χ0n) is 16.5. The molecule has 6 heteroatoms. The summed E-state index contributed by atoms with van der Waals surface area (Å²) in [7, 11) is 1.80. The lowest BCUT2D eigenvalue weighted by Crippen LogP contribution is -2.41. The van der Waals surface area contributed by atoms with Gasteiger partial charge in [0.2, 0.25) is 5.91 Å². The molecule has 5 nitrogen and oxygen atoms in total. The van der Waals surface area contributed by atoms with Crippen molar-refractivity contribution in [3.8, 4) is 0 Å². The molecule has 1 unspecified atom stereocenters. The van der Waals surface area contributed by atoms with E-state index >= 15 is 0 Å². The van der Waals surface area contributed by atoms with Crippen molar-refractivity contribution in [2.45, 2.75) is 69.9 Å². The largest absolute Gasteiger partial charge is 0.444 e. The summed E-state index contributed by atoms with van der Waals surface area (Å²) in [6.07, 6.45) is 4.39. The molecular weight excluding hydrogens is 364 g/mol. The molecule has 0 radical (unpaired) electrons. The van der Waals surface area contributed by atoms with E-state index in [1.807, 2.05) is 31.7 Å². The Bertz CT molecular complexity index is 810. The van der Waals surface area contributed by atoms with Crippen LogP contribution in [-0.2, 0) is 14.9 Å². The first-order chi connectivity index (χ1) is 12.6. The minimum absolute atomic E-state index is 0.0618. The highest BCUT2D eigenvalue weighted by atomic mass is 35.5. The summed E-state index contributed by atoms with van der Waals surface area (Å²) >= 11 is 6.61. The van der Waals surface area contributed by atoms with Crippen molar-refractivity contribution in [3.63, 3.8) is 0 Å². The van der Waals surface area contributed by atoms with E-state index in [1.54, 1.807) is 11.9 Å². The van der Waals surface area contributed by atoms with Crippen LogP contribution in [-0.4, -0.2) is 36.1 Å². The van der Waals surface area contributed by atoms with Crippen molar-refractivity contribution in [1.82, 2.24) is 4.90 Å². The second kappa shape index (κ2) is 6.13. The molecule has 2 aliphatic heterocycles. The number of fused-ring (bicyclic) bond motifs is 2. The number of likely N-dealkylation sites (N-methyl/N-ethyl adjacent to an activating group) is 1. The van der Waals surface area contributed by atoms with E-state index in [2.05, 4.69) is 6.07 Å². The lowest BCUT2D eigenvalue weighted by Gasteiger charge is -2.37. The van der Waals surface area contributed by atoms with E-state index < -0.39 is 5.60 Å². The monoisotopic (exact) mass is 390 g/mol. The summed E-state index contributed by atoms with van der Waals surface area (Å²) in [5.74, 6) is 0.143. The minimum Gasteiger partial charge on any atom is -0.444 e. The topological polar surface area (TPSA) is 49.9 Å². The van der Waals surface area contributed by atoms with Crippen molar-refractivity contribution in [3.05, 3.63) is 28.3 Å². The van der Waals surface area contributed by atoms with Gasteiger partial charge in [-0.15, -0.1) is 0 Å². The fourth-order valence-electron chi connectivity index (χ4n) is 4.48. The number of piperidine rings is 1. The van der Waals surface area contributed by atoms with E-state index in [-0.39, 0.29) is 23.5 Å². The zero-order valence-corrected chi connectivity index (χ0v) is 17.2. The lowest BCUT2D eigenvalue weighted by atomic mass is 9.90. The highest BCUT2D eigenvalue weighted by Gasteiger charge is 2.59. The number of likely N-dealkylation sites (tertiary alicyclic amines) is 1. The number of hydrogen-bond donors (Lipinski definition) is 0. The van der Waals surface area contributed by atoms with Crippen LogP contribution in [0.2, 0.25) is 5.02 Å². The number of halogens is 1. The lowest BCUT2D eigenvalue weighted by molar-refractivity contribution is -0.119. The van der Waals surface area contributed by atoms with Gasteiger partial charge in [0.05, 0.1) is 22.2 Å². The van der Waals surface area contributed by atoms with Crippen LogP contribution in [0.25, 0.3) is 0 Å². The minimum atomic E-state index is -0.526. The van der Waals surface area contributed by atoms with Gasteiger partial charge in [-0.2, -0.15) is 0 Å². The van der Waals surface area contributed by atoms with Gasteiger partial charge in [0.25, 0.3) is 0 Å². The van der Waals surface area contributed by atoms with Gasteiger partial charge in [-0.05, 0) is 70.1 Å². The quantitative estimate of drug-likeness (QED) is 0.691. The predicted octanol–water partition coefficient (Wildman–Crippen LogP) is 4.81. The Labute approximate surface area is 165 Å². The molecule has 0 aromatic heterocycles. The maximum atomic E-state index is 12.8. The van der Waals surface area contributed by atoms with Gasteiger partial charge >= 0.3 is 6.09 Å². The Morgan fingerprint density at radius 3 is 2.59 bits per heavy atom. The molecule has 0 N–H and O–H groups in total. The highest BCUT2D eigenvalue weighted by Crippen LogP contribution is 2.59. The number of carbonyl (C=O) groups excluding carboxylic acids is 2. The molecule has 1 saturated heterocycles. The van der Waals surface area contributed by atoms with Crippen molar-refractivity contribution in [2.24, 2.45) is 0 Å². The Morgan fingerprint density at radius 1 is 1.26 bits per heavy atom. The maximum Gasteiger partial charge on any atom is 0.410 e. The van der Waals surface area contributed by atoms with E-state index in [0.717, 1.165) is 48.9 Å². The molecule has 0 bridgehead atoms. The second-order valence-electron chi connectivity index (χ2n) is 9.03. The molecule has 1 aliphatic carbocycles. The molecule has 4 rings (SSSR count). The third-order valence-corrected chi connectivity index (χ3v) is 6.20. The number of carbonyl (C=O) groups is 2. The van der Waals surface area contributed by atoms with Crippen LogP contribution in [0, 0.1) is 0 Å². The molecule has 27 heavy (non-hydrogen) atoms. The summed E-state index contributed by atoms with van der Waals surface area (Å²) < 4.78 is 5.63. The maximum absolute atomic E-state index is 12.8. The SMILES string of the molecule is CN1C(=O)C2(CC2)c2cc(C3CCCCN3C(=O)OC(C)(C)C)cc(Cl)c21. The van der Waals surface area contributed by atoms with Gasteiger partial charge in [0.1, 0.15) is 5.60 Å². The van der Waals surface area contributed by atoms with E-state index in [4.69, 9.17) is 16.3 Å². The van der Waals surface area contributed by atoms with E-state index in [0.29, 0.717) is 11.6 Å². The fraction of sp³-hybridized carbons (Fsp3) is 0.619. The molecule has 3 aliphatic rings. The molecule has 1 aromatic rings. The third kappa shape index (κ3) is 3.00. The molecule has 1 aromatic carbocycles. The van der Waals surface area contributed by atoms with Crippen LogP contribution >= 0.6 is 11.6 Å². The van der Waals surface area contributed by atoms with Crippen LogP contribution in [0.3, 0.4) is 0 Å². The Kier molecular flexibility index (Phi) is 4.22. The summed E-state index contributed by atoms with van der Waals surface area (Å²) in [6, 6.07) is 3.98. The first-order valence-electron chi connectivity index (χ1n) is 9.76. The average molecular weight is 391 g/mol. The standard InChI is InChI=1S/C21H27ClN2O3/c1-20(2,3)27-19(26)24-10-6-5-7-16(24)13-11-14-17(15(22)12-13)23(4)18(25)21(14)8-9-21/h11-12,16H,5-10H2,1-4H3. The molecule has 2 fully saturated rings. The molecule has 1 atom stereocenters. The summed E-state index contributed by atoms with van der Waals surface area (Å²) in [4.78, 5) is 29.0. The molecule has 2 amide bonds. The summed E-state index contributed by atoms with van der Waals surface area (Å²) in [5.41, 5.74) is 1.98. The average Bonchev–Trinajstić information content (AvgIpc) is 3.36. The van der Waals surface area contributed by atoms with Crippen molar-refractivity contribution in [2.75, 3.05) is 18.5 Å². The number of hydrogen-bond acceptors (Lipinski definition) is 3. The number of benzene rings is 1. The Hall–Kier alpha value is -1.75. The van der Waals surface area contributed by atoms with E-state index in [9.17, 15) is 9.59 Å². The first-order valence-corrected chi connectivity index (χ1v) is 10.1. The van der Waals surface area contributed by atoms with Crippen molar-refractivity contribution >= 4 is 29.3 Å². The molecule has 1 spiro atoms. The molecule has 1 saturated carbocycles. The van der Waals surface area contributed by atoms with Gasteiger partial charge in [-0.3, -0.25) is 4.79 Å². The summed E-state index contributed by atoms with van der Waals surface area (Å²) in [5, 5.41) is 0.594. The number of ether oxygens (including phenoxy) is 1. The third-order valence-electron chi connectivity index (χ3n) is 5.92.